The Morgan fingerprint density at radius 1 is 1.29 bits per heavy atom. The highest BCUT2D eigenvalue weighted by Crippen LogP contribution is 2.23. The molecular formula is C9H16F3NO. The summed E-state index contributed by atoms with van der Waals surface area (Å²) in [5.74, 6) is -0.582. The molecule has 0 spiro atoms. The van der Waals surface area contributed by atoms with Crippen LogP contribution in [-0.4, -0.2) is 18.1 Å². The van der Waals surface area contributed by atoms with Crippen LogP contribution < -0.4 is 5.32 Å². The third-order valence-corrected chi connectivity index (χ3v) is 1.79. The van der Waals surface area contributed by atoms with Crippen LogP contribution in [-0.2, 0) is 4.79 Å². The molecule has 0 bridgehead atoms. The molecule has 0 aromatic carbocycles. The third-order valence-electron chi connectivity index (χ3n) is 1.79. The number of hydrogen-bond donors (Lipinski definition) is 1. The van der Waals surface area contributed by atoms with E-state index in [0.717, 1.165) is 0 Å². The number of carbonyl (C=O) groups excluding carboxylic acids is 1. The van der Waals surface area contributed by atoms with E-state index in [4.69, 9.17) is 0 Å². The lowest BCUT2D eigenvalue weighted by molar-refractivity contribution is -0.164. The molecule has 5 heteroatoms. The third kappa shape index (κ3) is 3.98. The average molecular weight is 211 g/mol. The SMILES string of the molecule is CC[C@@H](NC(=O)C(C)(C)C)C(F)(F)F. The second kappa shape index (κ2) is 4.19. The molecule has 0 aliphatic rings. The van der Waals surface area contributed by atoms with Gasteiger partial charge in [0.2, 0.25) is 5.91 Å². The van der Waals surface area contributed by atoms with Crippen LogP contribution in [0, 0.1) is 5.41 Å². The molecular weight excluding hydrogens is 195 g/mol. The fraction of sp³-hybridized carbons (Fsp3) is 0.889. The first-order chi connectivity index (χ1) is 6.09. The van der Waals surface area contributed by atoms with Gasteiger partial charge in [-0.25, -0.2) is 0 Å². The van der Waals surface area contributed by atoms with Crippen molar-refractivity contribution in [2.45, 2.75) is 46.3 Å². The molecule has 0 unspecified atom stereocenters. The van der Waals surface area contributed by atoms with Gasteiger partial charge in [-0.05, 0) is 6.42 Å². The summed E-state index contributed by atoms with van der Waals surface area (Å²) >= 11 is 0. The molecule has 0 aromatic heterocycles. The Morgan fingerprint density at radius 2 is 1.71 bits per heavy atom. The average Bonchev–Trinajstić information content (AvgIpc) is 1.95. The van der Waals surface area contributed by atoms with Crippen molar-refractivity contribution in [1.82, 2.24) is 5.32 Å². The van der Waals surface area contributed by atoms with Gasteiger partial charge in [0, 0.05) is 5.41 Å². The maximum absolute atomic E-state index is 12.3. The number of halogens is 3. The van der Waals surface area contributed by atoms with Crippen molar-refractivity contribution in [3.05, 3.63) is 0 Å². The molecule has 0 saturated heterocycles. The Morgan fingerprint density at radius 3 is 1.93 bits per heavy atom. The Kier molecular flexibility index (Phi) is 3.97. The lowest BCUT2D eigenvalue weighted by Crippen LogP contribution is -2.48. The van der Waals surface area contributed by atoms with Gasteiger partial charge < -0.3 is 5.32 Å². The van der Waals surface area contributed by atoms with Crippen molar-refractivity contribution in [3.63, 3.8) is 0 Å². The Bertz CT molecular complexity index is 205. The number of carbonyl (C=O) groups is 1. The van der Waals surface area contributed by atoms with Crippen LogP contribution in [0.25, 0.3) is 0 Å². The number of amides is 1. The van der Waals surface area contributed by atoms with E-state index in [1.807, 2.05) is 5.32 Å². The molecule has 1 atom stereocenters. The van der Waals surface area contributed by atoms with Gasteiger partial charge in [-0.3, -0.25) is 4.79 Å². The van der Waals surface area contributed by atoms with Gasteiger partial charge in [-0.15, -0.1) is 0 Å². The summed E-state index contributed by atoms with van der Waals surface area (Å²) in [5, 5.41) is 1.98. The molecule has 0 aromatic rings. The largest absolute Gasteiger partial charge is 0.408 e. The molecule has 0 heterocycles. The van der Waals surface area contributed by atoms with Crippen LogP contribution in [0.2, 0.25) is 0 Å². The predicted octanol–water partition coefficient (Wildman–Crippen LogP) is 2.49. The van der Waals surface area contributed by atoms with Crippen molar-refractivity contribution in [2.75, 3.05) is 0 Å². The van der Waals surface area contributed by atoms with Crippen LogP contribution >= 0.6 is 0 Å². The van der Waals surface area contributed by atoms with E-state index in [1.165, 1.54) is 6.92 Å². The molecule has 84 valence electrons. The van der Waals surface area contributed by atoms with Gasteiger partial charge in [-0.2, -0.15) is 13.2 Å². The molecule has 0 aliphatic heterocycles. The van der Waals surface area contributed by atoms with Crippen LogP contribution in [0.4, 0.5) is 13.2 Å². The molecule has 2 nitrogen and oxygen atoms in total. The van der Waals surface area contributed by atoms with E-state index in [2.05, 4.69) is 0 Å². The summed E-state index contributed by atoms with van der Waals surface area (Å²) in [5.41, 5.74) is -0.793. The number of nitrogens with one attached hydrogen (secondary N) is 1. The quantitative estimate of drug-likeness (QED) is 0.747. The number of alkyl halides is 3. The minimum absolute atomic E-state index is 0.147. The highest BCUT2D eigenvalue weighted by molar-refractivity contribution is 5.81. The minimum atomic E-state index is -4.37. The Balaban J connectivity index is 4.43. The Hall–Kier alpha value is -0.740. The fourth-order valence-corrected chi connectivity index (χ4v) is 0.790. The summed E-state index contributed by atoms with van der Waals surface area (Å²) in [6.45, 7) is 6.11. The van der Waals surface area contributed by atoms with Gasteiger partial charge in [0.25, 0.3) is 0 Å². The van der Waals surface area contributed by atoms with E-state index in [9.17, 15) is 18.0 Å². The summed E-state index contributed by atoms with van der Waals surface area (Å²) in [6, 6.07) is -1.74. The van der Waals surface area contributed by atoms with Crippen molar-refractivity contribution in [3.8, 4) is 0 Å². The normalized spacial score (nSPS) is 15.1. The highest BCUT2D eigenvalue weighted by Gasteiger charge is 2.40. The first-order valence-corrected chi connectivity index (χ1v) is 4.46. The zero-order valence-electron chi connectivity index (χ0n) is 8.83. The summed E-state index contributed by atoms with van der Waals surface area (Å²) in [4.78, 5) is 11.3. The molecule has 0 aliphatic carbocycles. The van der Waals surface area contributed by atoms with Gasteiger partial charge in [0.05, 0.1) is 0 Å². The van der Waals surface area contributed by atoms with Crippen molar-refractivity contribution in [1.29, 1.82) is 0 Å². The fourth-order valence-electron chi connectivity index (χ4n) is 0.790. The van der Waals surface area contributed by atoms with Crippen LogP contribution in [0.1, 0.15) is 34.1 Å². The van der Waals surface area contributed by atoms with E-state index in [1.54, 1.807) is 20.8 Å². The second-order valence-corrected chi connectivity index (χ2v) is 4.23. The first-order valence-electron chi connectivity index (χ1n) is 4.46. The molecule has 0 radical (unpaired) electrons. The molecule has 14 heavy (non-hydrogen) atoms. The lowest BCUT2D eigenvalue weighted by atomic mass is 9.95. The van der Waals surface area contributed by atoms with Crippen LogP contribution in [0.15, 0.2) is 0 Å². The van der Waals surface area contributed by atoms with E-state index in [-0.39, 0.29) is 6.42 Å². The smallest absolute Gasteiger partial charge is 0.344 e. The first kappa shape index (κ1) is 13.3. The van der Waals surface area contributed by atoms with Gasteiger partial charge >= 0.3 is 6.18 Å². The van der Waals surface area contributed by atoms with Gasteiger partial charge in [-0.1, -0.05) is 27.7 Å². The van der Waals surface area contributed by atoms with Crippen LogP contribution in [0.3, 0.4) is 0 Å². The lowest BCUT2D eigenvalue weighted by Gasteiger charge is -2.25. The predicted molar refractivity (Wildman–Crippen MR) is 47.7 cm³/mol. The minimum Gasteiger partial charge on any atom is -0.344 e. The zero-order chi connectivity index (χ0) is 11.6. The molecule has 1 amide bonds. The molecule has 0 saturated carbocycles. The standard InChI is InChI=1S/C9H16F3NO/c1-5-6(9(10,11)12)13-7(14)8(2,3)4/h6H,5H2,1-4H3,(H,13,14)/t6-/m1/s1. The zero-order valence-corrected chi connectivity index (χ0v) is 8.83. The summed E-state index contributed by atoms with van der Waals surface area (Å²) in [7, 11) is 0. The maximum atomic E-state index is 12.3. The molecule has 0 rings (SSSR count). The highest BCUT2D eigenvalue weighted by atomic mass is 19.4. The number of hydrogen-bond acceptors (Lipinski definition) is 1. The van der Waals surface area contributed by atoms with Crippen molar-refractivity contribution < 1.29 is 18.0 Å². The van der Waals surface area contributed by atoms with Gasteiger partial charge in [0.1, 0.15) is 6.04 Å². The second-order valence-electron chi connectivity index (χ2n) is 4.23. The monoisotopic (exact) mass is 211 g/mol. The van der Waals surface area contributed by atoms with E-state index >= 15 is 0 Å². The van der Waals surface area contributed by atoms with E-state index in [0.29, 0.717) is 0 Å². The number of rotatable bonds is 2. The maximum Gasteiger partial charge on any atom is 0.408 e. The van der Waals surface area contributed by atoms with E-state index < -0.39 is 23.5 Å². The summed E-state index contributed by atoms with van der Waals surface area (Å²) in [6.07, 6.45) is -4.51. The van der Waals surface area contributed by atoms with Crippen molar-refractivity contribution >= 4 is 5.91 Å². The van der Waals surface area contributed by atoms with Crippen molar-refractivity contribution in [2.24, 2.45) is 5.41 Å². The Labute approximate surface area is 81.9 Å². The topological polar surface area (TPSA) is 29.1 Å². The molecule has 1 N–H and O–H groups in total. The summed E-state index contributed by atoms with van der Waals surface area (Å²) < 4.78 is 36.8. The van der Waals surface area contributed by atoms with Gasteiger partial charge in [0.15, 0.2) is 0 Å². The van der Waals surface area contributed by atoms with Crippen LogP contribution in [0.5, 0.6) is 0 Å². The molecule has 0 fully saturated rings.